The van der Waals surface area contributed by atoms with E-state index in [1.807, 2.05) is 64.1 Å². The van der Waals surface area contributed by atoms with Crippen LogP contribution >= 0.6 is 0 Å². The molecule has 1 N–H and O–H groups in total. The van der Waals surface area contributed by atoms with Gasteiger partial charge in [0, 0.05) is 21.9 Å². The largest absolute Gasteiger partial charge is 0.490 e. The lowest BCUT2D eigenvalue weighted by atomic mass is 9.84. The molecule has 0 radical (unpaired) electrons. The van der Waals surface area contributed by atoms with Gasteiger partial charge in [-0.1, -0.05) is 67.9 Å². The molecule has 28 heavy (non-hydrogen) atoms. The van der Waals surface area contributed by atoms with E-state index in [0.717, 1.165) is 27.8 Å². The van der Waals surface area contributed by atoms with E-state index < -0.39 is 5.41 Å². The number of hydrogen-bond acceptors (Lipinski definition) is 2. The molecule has 0 aliphatic carbocycles. The van der Waals surface area contributed by atoms with Gasteiger partial charge in [-0.15, -0.1) is 0 Å². The normalized spacial score (nSPS) is 11.6. The van der Waals surface area contributed by atoms with Crippen LogP contribution in [0.1, 0.15) is 38.8 Å². The highest BCUT2D eigenvalue weighted by atomic mass is 16.5. The molecule has 0 aliphatic rings. The Balaban J connectivity index is 1.85. The molecule has 3 aromatic rings. The van der Waals surface area contributed by atoms with Crippen LogP contribution in [-0.2, 0) is 11.2 Å². The van der Waals surface area contributed by atoms with Gasteiger partial charge in [-0.2, -0.15) is 0 Å². The summed E-state index contributed by atoms with van der Waals surface area (Å²) < 4.78 is 5.93. The number of aryl methyl sites for hydroxylation is 1. The van der Waals surface area contributed by atoms with Crippen molar-refractivity contribution < 1.29 is 9.53 Å². The van der Waals surface area contributed by atoms with Crippen LogP contribution < -0.4 is 10.1 Å². The Morgan fingerprint density at radius 3 is 2.25 bits per heavy atom. The van der Waals surface area contributed by atoms with E-state index in [4.69, 9.17) is 4.74 Å². The van der Waals surface area contributed by atoms with Crippen molar-refractivity contribution in [3.63, 3.8) is 0 Å². The van der Waals surface area contributed by atoms with Crippen molar-refractivity contribution in [3.8, 4) is 5.75 Å². The first-order valence-corrected chi connectivity index (χ1v) is 9.82. The summed E-state index contributed by atoms with van der Waals surface area (Å²) in [7, 11) is 0. The lowest BCUT2D eigenvalue weighted by Gasteiger charge is -2.24. The van der Waals surface area contributed by atoms with E-state index in [9.17, 15) is 4.79 Å². The molecule has 1 amide bonds. The molecule has 0 saturated heterocycles. The number of amides is 1. The highest BCUT2D eigenvalue weighted by molar-refractivity contribution is 6.05. The average molecular weight is 376 g/mol. The van der Waals surface area contributed by atoms with Crippen LogP contribution in [0.15, 0.2) is 60.7 Å². The first kappa shape index (κ1) is 19.9. The summed E-state index contributed by atoms with van der Waals surface area (Å²) in [6.07, 6.45) is 0.781. The Hall–Kier alpha value is -2.81. The number of nitrogens with one attached hydrogen (secondary N) is 1. The van der Waals surface area contributed by atoms with E-state index in [0.29, 0.717) is 6.42 Å². The zero-order valence-corrected chi connectivity index (χ0v) is 17.4. The number of carbonyl (C=O) groups excluding carboxylic acids is 1. The average Bonchev–Trinajstić information content (AvgIpc) is 2.65. The predicted molar refractivity (Wildman–Crippen MR) is 117 cm³/mol. The van der Waals surface area contributed by atoms with Gasteiger partial charge in [-0.3, -0.25) is 4.79 Å². The summed E-state index contributed by atoms with van der Waals surface area (Å²) in [5, 5.41) is 5.13. The van der Waals surface area contributed by atoms with Gasteiger partial charge in [-0.25, -0.2) is 0 Å². The second-order valence-electron chi connectivity index (χ2n) is 8.32. The fourth-order valence-corrected chi connectivity index (χ4v) is 3.33. The van der Waals surface area contributed by atoms with Gasteiger partial charge in [0.05, 0.1) is 6.10 Å². The number of carbonyl (C=O) groups is 1. The molecule has 0 fully saturated rings. The second kappa shape index (κ2) is 8.05. The van der Waals surface area contributed by atoms with Crippen molar-refractivity contribution in [3.05, 3.63) is 71.8 Å². The van der Waals surface area contributed by atoms with Gasteiger partial charge in [0.25, 0.3) is 0 Å². The number of rotatable bonds is 6. The SMILES string of the molecule is Cc1ccc(CC(C)(C)C(=O)Nc2ccc(OC(C)C)c3ccccc23)cc1. The Kier molecular flexibility index (Phi) is 5.73. The molecule has 0 saturated carbocycles. The van der Waals surface area contributed by atoms with E-state index in [2.05, 4.69) is 36.5 Å². The maximum Gasteiger partial charge on any atom is 0.230 e. The molecule has 0 aliphatic heterocycles. The monoisotopic (exact) mass is 375 g/mol. The number of hydrogen-bond donors (Lipinski definition) is 1. The molecule has 0 bridgehead atoms. The minimum Gasteiger partial charge on any atom is -0.490 e. The predicted octanol–water partition coefficient (Wildman–Crippen LogP) is 6.14. The zero-order chi connectivity index (χ0) is 20.3. The van der Waals surface area contributed by atoms with Crippen molar-refractivity contribution in [1.82, 2.24) is 0 Å². The van der Waals surface area contributed by atoms with Gasteiger partial charge in [0.2, 0.25) is 5.91 Å². The molecule has 3 rings (SSSR count). The molecular weight excluding hydrogens is 346 g/mol. The Morgan fingerprint density at radius 2 is 1.61 bits per heavy atom. The van der Waals surface area contributed by atoms with Crippen LogP contribution in [-0.4, -0.2) is 12.0 Å². The third-order valence-corrected chi connectivity index (χ3v) is 4.88. The quantitative estimate of drug-likeness (QED) is 0.562. The maximum atomic E-state index is 13.1. The fraction of sp³-hybridized carbons (Fsp3) is 0.320. The molecule has 0 aromatic heterocycles. The van der Waals surface area contributed by atoms with Crippen LogP contribution in [0.25, 0.3) is 10.8 Å². The van der Waals surface area contributed by atoms with Gasteiger partial charge < -0.3 is 10.1 Å². The molecule has 0 spiro atoms. The molecule has 3 nitrogen and oxygen atoms in total. The van der Waals surface area contributed by atoms with Gasteiger partial charge in [-0.05, 0) is 44.9 Å². The summed E-state index contributed by atoms with van der Waals surface area (Å²) in [4.78, 5) is 13.1. The minimum absolute atomic E-state index is 0.00996. The highest BCUT2D eigenvalue weighted by Gasteiger charge is 2.28. The zero-order valence-electron chi connectivity index (χ0n) is 17.4. The Morgan fingerprint density at radius 1 is 0.964 bits per heavy atom. The molecular formula is C25H29NO2. The molecule has 3 aromatic carbocycles. The van der Waals surface area contributed by atoms with Gasteiger partial charge in [0.1, 0.15) is 5.75 Å². The smallest absolute Gasteiger partial charge is 0.230 e. The third kappa shape index (κ3) is 4.53. The molecule has 3 heteroatoms. The summed E-state index contributed by atoms with van der Waals surface area (Å²) in [5.74, 6) is 0.846. The second-order valence-corrected chi connectivity index (χ2v) is 8.32. The lowest BCUT2D eigenvalue weighted by molar-refractivity contribution is -0.123. The number of fused-ring (bicyclic) bond motifs is 1. The van der Waals surface area contributed by atoms with E-state index >= 15 is 0 Å². The molecule has 146 valence electrons. The first-order chi connectivity index (χ1) is 13.3. The topological polar surface area (TPSA) is 38.3 Å². The van der Waals surface area contributed by atoms with Crippen molar-refractivity contribution in [2.45, 2.75) is 47.1 Å². The third-order valence-electron chi connectivity index (χ3n) is 4.88. The van der Waals surface area contributed by atoms with E-state index in [1.54, 1.807) is 0 Å². The van der Waals surface area contributed by atoms with E-state index in [-0.39, 0.29) is 12.0 Å². The van der Waals surface area contributed by atoms with Crippen LogP contribution in [0.3, 0.4) is 0 Å². The standard InChI is InChI=1S/C25H29NO2/c1-17(2)28-23-15-14-22(20-8-6-7-9-21(20)23)26-24(27)25(4,5)16-19-12-10-18(3)11-13-19/h6-15,17H,16H2,1-5H3,(H,26,27). The lowest BCUT2D eigenvalue weighted by Crippen LogP contribution is -2.32. The number of ether oxygens (including phenoxy) is 1. The van der Waals surface area contributed by atoms with Crippen LogP contribution in [0.4, 0.5) is 5.69 Å². The fourth-order valence-electron chi connectivity index (χ4n) is 3.33. The molecule has 0 atom stereocenters. The van der Waals surface area contributed by atoms with Crippen molar-refractivity contribution >= 4 is 22.4 Å². The van der Waals surface area contributed by atoms with Gasteiger partial charge >= 0.3 is 0 Å². The number of anilines is 1. The Bertz CT molecular complexity index is 972. The first-order valence-electron chi connectivity index (χ1n) is 9.82. The summed E-state index contributed by atoms with van der Waals surface area (Å²) in [6.45, 7) is 10.1. The van der Waals surface area contributed by atoms with E-state index in [1.165, 1.54) is 5.56 Å². The summed E-state index contributed by atoms with van der Waals surface area (Å²) in [6, 6.07) is 20.2. The van der Waals surface area contributed by atoms with Gasteiger partial charge in [0.15, 0.2) is 0 Å². The van der Waals surface area contributed by atoms with Crippen molar-refractivity contribution in [2.75, 3.05) is 5.32 Å². The maximum absolute atomic E-state index is 13.1. The van der Waals surface area contributed by atoms with Crippen molar-refractivity contribution in [2.24, 2.45) is 5.41 Å². The van der Waals surface area contributed by atoms with Crippen LogP contribution in [0, 0.1) is 12.3 Å². The molecule has 0 unspecified atom stereocenters. The Labute approximate surface area is 167 Å². The summed E-state index contributed by atoms with van der Waals surface area (Å²) >= 11 is 0. The number of benzene rings is 3. The minimum atomic E-state index is -0.524. The van der Waals surface area contributed by atoms with Crippen LogP contribution in [0.2, 0.25) is 0 Å². The van der Waals surface area contributed by atoms with Crippen LogP contribution in [0.5, 0.6) is 5.75 Å². The summed E-state index contributed by atoms with van der Waals surface area (Å²) in [5.41, 5.74) is 2.68. The molecule has 0 heterocycles. The highest BCUT2D eigenvalue weighted by Crippen LogP contribution is 2.33. The van der Waals surface area contributed by atoms with Crippen molar-refractivity contribution in [1.29, 1.82) is 0 Å².